The highest BCUT2D eigenvalue weighted by atomic mass is 16.5. The molecule has 21 heavy (non-hydrogen) atoms. The van der Waals surface area contributed by atoms with E-state index in [1.807, 2.05) is 0 Å². The van der Waals surface area contributed by atoms with Gasteiger partial charge in [-0.2, -0.15) is 0 Å². The lowest BCUT2D eigenvalue weighted by atomic mass is 9.77. The molecule has 1 aliphatic carbocycles. The third-order valence-electron chi connectivity index (χ3n) is 4.01. The van der Waals surface area contributed by atoms with Gasteiger partial charge in [0.2, 0.25) is 0 Å². The van der Waals surface area contributed by atoms with Crippen LogP contribution < -0.4 is 4.74 Å². The van der Waals surface area contributed by atoms with Crippen LogP contribution in [0.2, 0.25) is 0 Å². The van der Waals surface area contributed by atoms with Crippen LogP contribution in [0.1, 0.15) is 26.3 Å². The summed E-state index contributed by atoms with van der Waals surface area (Å²) in [6.07, 6.45) is 0. The van der Waals surface area contributed by atoms with Crippen LogP contribution in [0, 0.1) is 0 Å². The normalized spacial score (nSPS) is 15.9. The third kappa shape index (κ3) is 1.73. The van der Waals surface area contributed by atoms with Gasteiger partial charge < -0.3 is 9.84 Å². The predicted octanol–water partition coefficient (Wildman–Crippen LogP) is 2.00. The van der Waals surface area contributed by atoms with E-state index in [2.05, 4.69) is 0 Å². The molecule has 0 amide bonds. The van der Waals surface area contributed by atoms with Crippen molar-refractivity contribution >= 4 is 11.6 Å². The first-order valence-electron chi connectivity index (χ1n) is 6.59. The summed E-state index contributed by atoms with van der Waals surface area (Å²) in [5.41, 5.74) is -0.313. The number of aliphatic hydroxyl groups excluding tert-OH is 1. The number of carbonyl (C=O) groups excluding carboxylic acids is 2. The number of aliphatic hydroxyl groups is 1. The van der Waals surface area contributed by atoms with E-state index in [9.17, 15) is 14.7 Å². The molecule has 1 N–H and O–H groups in total. The van der Waals surface area contributed by atoms with Crippen LogP contribution in [0.5, 0.6) is 5.75 Å². The zero-order chi connectivity index (χ0) is 15.0. The van der Waals surface area contributed by atoms with Gasteiger partial charge in [-0.3, -0.25) is 9.59 Å². The van der Waals surface area contributed by atoms with Crippen LogP contribution in [0.15, 0.2) is 48.5 Å². The molecule has 0 bridgehead atoms. The van der Waals surface area contributed by atoms with E-state index in [1.165, 1.54) is 0 Å². The van der Waals surface area contributed by atoms with E-state index in [4.69, 9.17) is 4.74 Å². The van der Waals surface area contributed by atoms with E-state index in [1.54, 1.807) is 55.6 Å². The van der Waals surface area contributed by atoms with Crippen molar-refractivity contribution in [2.75, 3.05) is 13.7 Å². The summed E-state index contributed by atoms with van der Waals surface area (Å²) in [6.45, 7) is -0.550. The lowest BCUT2D eigenvalue weighted by Gasteiger charge is -2.23. The Bertz CT molecular complexity index is 681. The number of benzene rings is 2. The molecule has 0 aromatic heterocycles. The van der Waals surface area contributed by atoms with Crippen molar-refractivity contribution in [1.82, 2.24) is 0 Å². The van der Waals surface area contributed by atoms with Crippen LogP contribution in [-0.4, -0.2) is 30.4 Å². The summed E-state index contributed by atoms with van der Waals surface area (Å²) in [5, 5.41) is 9.84. The van der Waals surface area contributed by atoms with Gasteiger partial charge in [-0.15, -0.1) is 0 Å². The largest absolute Gasteiger partial charge is 0.497 e. The monoisotopic (exact) mass is 282 g/mol. The average Bonchev–Trinajstić information content (AvgIpc) is 2.77. The minimum atomic E-state index is -1.53. The number of ketones is 2. The van der Waals surface area contributed by atoms with Crippen molar-refractivity contribution in [3.8, 4) is 5.75 Å². The van der Waals surface area contributed by atoms with E-state index >= 15 is 0 Å². The zero-order valence-corrected chi connectivity index (χ0v) is 11.5. The molecule has 0 saturated heterocycles. The molecule has 0 radical (unpaired) electrons. The molecule has 0 saturated carbocycles. The highest BCUT2D eigenvalue weighted by molar-refractivity contribution is 6.33. The summed E-state index contributed by atoms with van der Waals surface area (Å²) in [5.74, 6) is -0.0752. The first-order valence-corrected chi connectivity index (χ1v) is 6.59. The Morgan fingerprint density at radius 3 is 1.90 bits per heavy atom. The molecule has 0 unspecified atom stereocenters. The third-order valence-corrected chi connectivity index (χ3v) is 4.01. The van der Waals surface area contributed by atoms with E-state index in [0.717, 1.165) is 0 Å². The van der Waals surface area contributed by atoms with Gasteiger partial charge in [-0.05, 0) is 17.7 Å². The SMILES string of the molecule is COc1ccc(C2(CO)C(=O)c3ccccc3C2=O)cc1. The molecule has 0 atom stereocenters. The molecule has 2 aromatic rings. The fraction of sp³-hybridized carbons (Fsp3) is 0.176. The highest BCUT2D eigenvalue weighted by Gasteiger charge is 2.53. The second kappa shape index (κ2) is 4.82. The molecule has 0 spiro atoms. The number of Topliss-reactive ketones (excluding diaryl/α,β-unsaturated/α-hetero) is 2. The standard InChI is InChI=1S/C17H14O4/c1-21-12-8-6-11(7-9-12)17(10-18)15(19)13-4-2-3-5-14(13)16(17)20/h2-9,18H,10H2,1H3. The number of hydrogen-bond donors (Lipinski definition) is 1. The summed E-state index contributed by atoms with van der Waals surface area (Å²) in [4.78, 5) is 25.4. The van der Waals surface area contributed by atoms with Crippen molar-refractivity contribution in [3.05, 3.63) is 65.2 Å². The Kier molecular flexibility index (Phi) is 3.11. The molecule has 3 rings (SSSR count). The smallest absolute Gasteiger partial charge is 0.184 e. The van der Waals surface area contributed by atoms with Crippen molar-refractivity contribution in [2.24, 2.45) is 0 Å². The van der Waals surface area contributed by atoms with Crippen LogP contribution in [0.4, 0.5) is 0 Å². The molecule has 106 valence electrons. The van der Waals surface area contributed by atoms with E-state index < -0.39 is 12.0 Å². The van der Waals surface area contributed by atoms with Gasteiger partial charge >= 0.3 is 0 Å². The first kappa shape index (κ1) is 13.5. The molecular weight excluding hydrogens is 268 g/mol. The zero-order valence-electron chi connectivity index (χ0n) is 11.5. The maximum Gasteiger partial charge on any atom is 0.184 e. The summed E-state index contributed by atoms with van der Waals surface area (Å²) in [6, 6.07) is 13.3. The van der Waals surface area contributed by atoms with Crippen LogP contribution in [-0.2, 0) is 5.41 Å². The van der Waals surface area contributed by atoms with Gasteiger partial charge in [-0.1, -0.05) is 36.4 Å². The van der Waals surface area contributed by atoms with Gasteiger partial charge in [0.15, 0.2) is 11.6 Å². The second-order valence-electron chi connectivity index (χ2n) is 5.00. The Labute approximate surface area is 122 Å². The van der Waals surface area contributed by atoms with Crippen LogP contribution in [0.25, 0.3) is 0 Å². The van der Waals surface area contributed by atoms with Crippen molar-refractivity contribution in [2.45, 2.75) is 5.41 Å². The van der Waals surface area contributed by atoms with E-state index in [0.29, 0.717) is 22.4 Å². The average molecular weight is 282 g/mol. The Morgan fingerprint density at radius 2 is 1.48 bits per heavy atom. The quantitative estimate of drug-likeness (QED) is 0.875. The molecule has 4 heteroatoms. The number of fused-ring (bicyclic) bond motifs is 1. The maximum absolute atomic E-state index is 12.7. The Balaban J connectivity index is 2.18. The molecule has 0 fully saturated rings. The molecular formula is C17H14O4. The summed E-state index contributed by atoms with van der Waals surface area (Å²) >= 11 is 0. The fourth-order valence-corrected chi connectivity index (χ4v) is 2.81. The Morgan fingerprint density at radius 1 is 0.952 bits per heavy atom. The topological polar surface area (TPSA) is 63.6 Å². The van der Waals surface area contributed by atoms with Crippen LogP contribution in [0.3, 0.4) is 0 Å². The van der Waals surface area contributed by atoms with Gasteiger partial charge in [0.05, 0.1) is 13.7 Å². The van der Waals surface area contributed by atoms with Gasteiger partial charge in [-0.25, -0.2) is 0 Å². The van der Waals surface area contributed by atoms with Gasteiger partial charge in [0.1, 0.15) is 11.2 Å². The number of ether oxygens (including phenoxy) is 1. The lowest BCUT2D eigenvalue weighted by molar-refractivity contribution is 0.0711. The minimum Gasteiger partial charge on any atom is -0.497 e. The highest BCUT2D eigenvalue weighted by Crippen LogP contribution is 2.39. The maximum atomic E-state index is 12.7. The van der Waals surface area contributed by atoms with E-state index in [-0.39, 0.29) is 11.6 Å². The van der Waals surface area contributed by atoms with Crippen molar-refractivity contribution < 1.29 is 19.4 Å². The van der Waals surface area contributed by atoms with Crippen LogP contribution >= 0.6 is 0 Å². The number of methoxy groups -OCH3 is 1. The summed E-state index contributed by atoms with van der Waals surface area (Å²) < 4.78 is 5.08. The van der Waals surface area contributed by atoms with Gasteiger partial charge in [0, 0.05) is 11.1 Å². The minimum absolute atomic E-state index is 0.351. The molecule has 1 aliphatic rings. The number of rotatable bonds is 3. The number of carbonyl (C=O) groups is 2. The molecule has 2 aromatic carbocycles. The van der Waals surface area contributed by atoms with Crippen molar-refractivity contribution in [3.63, 3.8) is 0 Å². The summed E-state index contributed by atoms with van der Waals surface area (Å²) in [7, 11) is 1.54. The fourth-order valence-electron chi connectivity index (χ4n) is 2.81. The number of hydrogen-bond acceptors (Lipinski definition) is 4. The Hall–Kier alpha value is -2.46. The first-order chi connectivity index (χ1) is 10.1. The molecule has 0 heterocycles. The lowest BCUT2D eigenvalue weighted by Crippen LogP contribution is -2.42. The molecule has 0 aliphatic heterocycles. The molecule has 4 nitrogen and oxygen atoms in total. The van der Waals surface area contributed by atoms with Crippen molar-refractivity contribution in [1.29, 1.82) is 0 Å². The predicted molar refractivity (Wildman–Crippen MR) is 76.9 cm³/mol. The second-order valence-corrected chi connectivity index (χ2v) is 5.00. The van der Waals surface area contributed by atoms with Gasteiger partial charge in [0.25, 0.3) is 0 Å².